The highest BCUT2D eigenvalue weighted by Crippen LogP contribution is 2.51. The van der Waals surface area contributed by atoms with Gasteiger partial charge in [-0.2, -0.15) is 0 Å². The third-order valence-corrected chi connectivity index (χ3v) is 5.11. The largest absolute Gasteiger partial charge is 0.504 e. The molecule has 0 aliphatic heterocycles. The maximum absolute atomic E-state index is 10.4. The Balaban J connectivity index is 2.17. The van der Waals surface area contributed by atoms with Gasteiger partial charge in [-0.1, -0.05) is 31.4 Å². The molecular weight excluding hydrogens is 324 g/mol. The average Bonchev–Trinajstić information content (AvgIpc) is 2.62. The number of hydrogen-bond acceptors (Lipinski definition) is 6. The van der Waals surface area contributed by atoms with Crippen LogP contribution in [0, 0.1) is 5.92 Å². The van der Waals surface area contributed by atoms with Crippen LogP contribution in [0.5, 0.6) is 34.5 Å². The zero-order valence-corrected chi connectivity index (χ0v) is 13.7. The van der Waals surface area contributed by atoms with Gasteiger partial charge in [0.1, 0.15) is 0 Å². The highest BCUT2D eigenvalue weighted by atomic mass is 16.3. The fourth-order valence-electron chi connectivity index (χ4n) is 3.81. The molecule has 6 nitrogen and oxygen atoms in total. The van der Waals surface area contributed by atoms with Gasteiger partial charge in [0.2, 0.25) is 11.5 Å². The van der Waals surface area contributed by atoms with Crippen LogP contribution >= 0.6 is 0 Å². The third kappa shape index (κ3) is 2.99. The molecule has 1 aliphatic rings. The number of benzene rings is 2. The Morgan fingerprint density at radius 3 is 1.48 bits per heavy atom. The van der Waals surface area contributed by atoms with Crippen molar-refractivity contribution in [2.24, 2.45) is 5.92 Å². The zero-order chi connectivity index (χ0) is 18.1. The molecule has 0 unspecified atom stereocenters. The Kier molecular flexibility index (Phi) is 4.53. The number of aromatic hydroxyl groups is 6. The van der Waals surface area contributed by atoms with Crippen molar-refractivity contribution in [1.29, 1.82) is 0 Å². The lowest BCUT2D eigenvalue weighted by atomic mass is 9.73. The fraction of sp³-hybridized carbons (Fsp3) is 0.368. The van der Waals surface area contributed by atoms with E-state index in [0.717, 1.165) is 32.1 Å². The summed E-state index contributed by atoms with van der Waals surface area (Å²) in [6.07, 6.45) is 4.87. The molecule has 134 valence electrons. The lowest BCUT2D eigenvalue weighted by molar-refractivity contribution is 0.307. The molecule has 2 aromatic rings. The maximum atomic E-state index is 10.4. The Morgan fingerprint density at radius 2 is 1.04 bits per heavy atom. The average molecular weight is 346 g/mol. The normalized spacial score (nSPS) is 15.6. The summed E-state index contributed by atoms with van der Waals surface area (Å²) in [5.74, 6) is -3.37. The SMILES string of the molecule is Oc1ccc(C(c2ccc(O)c(O)c2O)C2CCCCC2)c(O)c1O. The summed E-state index contributed by atoms with van der Waals surface area (Å²) in [4.78, 5) is 0. The predicted octanol–water partition coefficient (Wildman–Crippen LogP) is 3.63. The first-order valence-electron chi connectivity index (χ1n) is 8.39. The smallest absolute Gasteiger partial charge is 0.200 e. The minimum absolute atomic E-state index is 0.0819. The molecule has 6 N–H and O–H groups in total. The minimum atomic E-state index is -0.610. The van der Waals surface area contributed by atoms with Crippen LogP contribution in [0.2, 0.25) is 0 Å². The molecule has 0 heterocycles. The first kappa shape index (κ1) is 17.1. The van der Waals surface area contributed by atoms with Crippen LogP contribution in [-0.2, 0) is 0 Å². The number of phenols is 6. The van der Waals surface area contributed by atoms with Crippen LogP contribution in [0.4, 0.5) is 0 Å². The van der Waals surface area contributed by atoms with Gasteiger partial charge in [-0.05, 0) is 30.9 Å². The summed E-state index contributed by atoms with van der Waals surface area (Å²) in [5, 5.41) is 59.7. The molecule has 6 heteroatoms. The lowest BCUT2D eigenvalue weighted by Gasteiger charge is -2.32. The van der Waals surface area contributed by atoms with Crippen molar-refractivity contribution in [3.05, 3.63) is 35.4 Å². The molecule has 1 fully saturated rings. The number of hydrogen-bond donors (Lipinski definition) is 6. The first-order valence-corrected chi connectivity index (χ1v) is 8.39. The molecule has 1 aliphatic carbocycles. The second-order valence-corrected chi connectivity index (χ2v) is 6.62. The van der Waals surface area contributed by atoms with E-state index in [1.54, 1.807) is 0 Å². The van der Waals surface area contributed by atoms with Crippen LogP contribution in [-0.4, -0.2) is 30.6 Å². The predicted molar refractivity (Wildman–Crippen MR) is 91.3 cm³/mol. The van der Waals surface area contributed by atoms with E-state index in [-0.39, 0.29) is 5.92 Å². The van der Waals surface area contributed by atoms with E-state index in [4.69, 9.17) is 0 Å². The van der Waals surface area contributed by atoms with Crippen LogP contribution < -0.4 is 0 Å². The minimum Gasteiger partial charge on any atom is -0.504 e. The Bertz CT molecular complexity index is 722. The molecule has 2 aromatic carbocycles. The van der Waals surface area contributed by atoms with Crippen LogP contribution in [0.25, 0.3) is 0 Å². The highest BCUT2D eigenvalue weighted by Gasteiger charge is 2.32. The van der Waals surface area contributed by atoms with Gasteiger partial charge in [-0.3, -0.25) is 0 Å². The standard InChI is InChI=1S/C19H22O6/c20-13-8-6-11(16(22)18(13)24)15(10-4-2-1-3-5-10)12-7-9-14(21)19(25)17(12)23/h6-10,15,20-25H,1-5H2. The van der Waals surface area contributed by atoms with E-state index in [1.807, 2.05) is 0 Å². The molecule has 0 radical (unpaired) electrons. The Morgan fingerprint density at radius 1 is 0.600 bits per heavy atom. The van der Waals surface area contributed by atoms with Gasteiger partial charge in [0.15, 0.2) is 23.0 Å². The monoisotopic (exact) mass is 346 g/mol. The summed E-state index contributed by atoms with van der Waals surface area (Å²) < 4.78 is 0. The van der Waals surface area contributed by atoms with E-state index < -0.39 is 40.4 Å². The van der Waals surface area contributed by atoms with Gasteiger partial charge in [0, 0.05) is 17.0 Å². The molecule has 0 amide bonds. The van der Waals surface area contributed by atoms with Crippen LogP contribution in [0.15, 0.2) is 24.3 Å². The highest BCUT2D eigenvalue weighted by molar-refractivity contribution is 5.60. The van der Waals surface area contributed by atoms with E-state index in [0.29, 0.717) is 11.1 Å². The molecule has 25 heavy (non-hydrogen) atoms. The molecule has 0 spiro atoms. The quantitative estimate of drug-likeness (QED) is 0.472. The lowest BCUT2D eigenvalue weighted by Crippen LogP contribution is -2.18. The van der Waals surface area contributed by atoms with Crippen molar-refractivity contribution in [2.75, 3.05) is 0 Å². The van der Waals surface area contributed by atoms with Gasteiger partial charge in [-0.25, -0.2) is 0 Å². The second-order valence-electron chi connectivity index (χ2n) is 6.62. The van der Waals surface area contributed by atoms with Gasteiger partial charge in [0.25, 0.3) is 0 Å². The molecule has 0 bridgehead atoms. The van der Waals surface area contributed by atoms with Gasteiger partial charge in [-0.15, -0.1) is 0 Å². The van der Waals surface area contributed by atoms with Crippen molar-refractivity contribution in [1.82, 2.24) is 0 Å². The van der Waals surface area contributed by atoms with E-state index >= 15 is 0 Å². The summed E-state index contributed by atoms with van der Waals surface area (Å²) in [6.45, 7) is 0. The summed E-state index contributed by atoms with van der Waals surface area (Å²) in [5.41, 5.74) is 0.727. The zero-order valence-electron chi connectivity index (χ0n) is 13.7. The molecule has 3 rings (SSSR count). The van der Waals surface area contributed by atoms with Gasteiger partial charge in [0.05, 0.1) is 0 Å². The van der Waals surface area contributed by atoms with Crippen molar-refractivity contribution < 1.29 is 30.6 Å². The molecular formula is C19H22O6. The number of phenolic OH excluding ortho intramolecular Hbond substituents is 6. The van der Waals surface area contributed by atoms with Crippen LogP contribution in [0.3, 0.4) is 0 Å². The Hall–Kier alpha value is -2.76. The molecule has 1 saturated carbocycles. The molecule has 0 aromatic heterocycles. The van der Waals surface area contributed by atoms with Crippen molar-refractivity contribution in [3.63, 3.8) is 0 Å². The Labute approximate surface area is 145 Å². The summed E-state index contributed by atoms with van der Waals surface area (Å²) in [7, 11) is 0. The fourth-order valence-corrected chi connectivity index (χ4v) is 3.81. The summed E-state index contributed by atoms with van der Waals surface area (Å²) in [6, 6.07) is 5.59. The maximum Gasteiger partial charge on any atom is 0.200 e. The van der Waals surface area contributed by atoms with E-state index in [2.05, 4.69) is 0 Å². The van der Waals surface area contributed by atoms with Crippen molar-refractivity contribution >= 4 is 0 Å². The van der Waals surface area contributed by atoms with E-state index in [9.17, 15) is 30.6 Å². The first-order chi connectivity index (χ1) is 11.9. The second kappa shape index (κ2) is 6.63. The summed E-state index contributed by atoms with van der Waals surface area (Å²) >= 11 is 0. The van der Waals surface area contributed by atoms with Crippen LogP contribution in [0.1, 0.15) is 49.1 Å². The van der Waals surface area contributed by atoms with Gasteiger partial charge < -0.3 is 30.6 Å². The third-order valence-electron chi connectivity index (χ3n) is 5.11. The van der Waals surface area contributed by atoms with Crippen molar-refractivity contribution in [3.8, 4) is 34.5 Å². The molecule has 0 saturated heterocycles. The van der Waals surface area contributed by atoms with E-state index in [1.165, 1.54) is 24.3 Å². The van der Waals surface area contributed by atoms with Crippen molar-refractivity contribution in [2.45, 2.75) is 38.0 Å². The van der Waals surface area contributed by atoms with Gasteiger partial charge >= 0.3 is 0 Å². The topological polar surface area (TPSA) is 121 Å². The molecule has 0 atom stereocenters. The number of rotatable bonds is 3.